The Balaban J connectivity index is 1.88. The zero-order valence-electron chi connectivity index (χ0n) is 15.0. The fraction of sp³-hybridized carbons (Fsp3) is 0.0833. The van der Waals surface area contributed by atoms with Crippen LogP contribution in [0.1, 0.15) is 6.42 Å². The van der Waals surface area contributed by atoms with Gasteiger partial charge in [0.25, 0.3) is 0 Å². The van der Waals surface area contributed by atoms with E-state index in [-0.39, 0.29) is 5.78 Å². The van der Waals surface area contributed by atoms with E-state index in [0.29, 0.717) is 0 Å². The Kier molecular flexibility index (Phi) is 5.09. The molecule has 134 valence electrons. The van der Waals surface area contributed by atoms with Crippen LogP contribution in [0.25, 0.3) is 0 Å². The standard InChI is InChI=1S/C24H22NOP/c26-27(22-16-6-2-7-17-22,23-18-8-3-9-19-23)24(20-12-10-11-13-20)25-21-14-4-1-5-15-21/h1-12,14-19,24-25H,13H2. The van der Waals surface area contributed by atoms with Crippen molar-refractivity contribution >= 4 is 23.4 Å². The number of allylic oxidation sites excluding steroid dienone is 3. The molecule has 0 aromatic heterocycles. The molecular formula is C24H22NOP. The van der Waals surface area contributed by atoms with Gasteiger partial charge in [-0.3, -0.25) is 0 Å². The molecule has 0 heterocycles. The first-order chi connectivity index (χ1) is 13.3. The Morgan fingerprint density at radius 1 is 0.741 bits per heavy atom. The van der Waals surface area contributed by atoms with Crippen LogP contribution >= 0.6 is 7.14 Å². The molecule has 0 saturated heterocycles. The molecule has 0 amide bonds. The van der Waals surface area contributed by atoms with Gasteiger partial charge in [0.1, 0.15) is 5.78 Å². The van der Waals surface area contributed by atoms with Crippen LogP contribution in [0.5, 0.6) is 0 Å². The van der Waals surface area contributed by atoms with E-state index in [1.54, 1.807) is 0 Å². The maximum atomic E-state index is 14.8. The molecule has 0 fully saturated rings. The first-order valence-electron chi connectivity index (χ1n) is 9.16. The summed E-state index contributed by atoms with van der Waals surface area (Å²) < 4.78 is 14.8. The molecule has 1 N–H and O–H groups in total. The summed E-state index contributed by atoms with van der Waals surface area (Å²) in [5.74, 6) is -0.292. The number of para-hydroxylation sites is 1. The molecule has 2 nitrogen and oxygen atoms in total. The normalized spacial score (nSPS) is 14.6. The minimum Gasteiger partial charge on any atom is -0.371 e. The number of nitrogens with one attached hydrogen (secondary N) is 1. The monoisotopic (exact) mass is 371 g/mol. The molecule has 1 aliphatic carbocycles. The summed E-state index contributed by atoms with van der Waals surface area (Å²) in [6.07, 6.45) is 7.08. The maximum absolute atomic E-state index is 14.8. The number of anilines is 1. The molecule has 0 spiro atoms. The zero-order chi connectivity index (χ0) is 18.5. The van der Waals surface area contributed by atoms with Crippen molar-refractivity contribution in [2.24, 2.45) is 0 Å². The summed E-state index contributed by atoms with van der Waals surface area (Å²) in [6.45, 7) is 0. The van der Waals surface area contributed by atoms with Crippen molar-refractivity contribution in [3.05, 3.63) is 115 Å². The van der Waals surface area contributed by atoms with Gasteiger partial charge in [0.2, 0.25) is 0 Å². The number of hydrogen-bond acceptors (Lipinski definition) is 2. The third kappa shape index (κ3) is 3.54. The van der Waals surface area contributed by atoms with Crippen molar-refractivity contribution in [2.75, 3.05) is 5.32 Å². The molecule has 0 aliphatic heterocycles. The molecule has 4 rings (SSSR count). The van der Waals surface area contributed by atoms with Gasteiger partial charge in [0, 0.05) is 16.3 Å². The number of hydrogen-bond donors (Lipinski definition) is 1. The van der Waals surface area contributed by atoms with E-state index >= 15 is 0 Å². The predicted molar refractivity (Wildman–Crippen MR) is 115 cm³/mol. The lowest BCUT2D eigenvalue weighted by Crippen LogP contribution is -2.32. The van der Waals surface area contributed by atoms with E-state index in [9.17, 15) is 4.57 Å². The van der Waals surface area contributed by atoms with Crippen molar-refractivity contribution in [3.8, 4) is 0 Å². The van der Waals surface area contributed by atoms with Crippen molar-refractivity contribution in [3.63, 3.8) is 0 Å². The van der Waals surface area contributed by atoms with Gasteiger partial charge >= 0.3 is 0 Å². The molecule has 3 aromatic rings. The van der Waals surface area contributed by atoms with E-state index in [4.69, 9.17) is 0 Å². The second-order valence-electron chi connectivity index (χ2n) is 6.62. The summed E-state index contributed by atoms with van der Waals surface area (Å²) in [6, 6.07) is 29.8. The summed E-state index contributed by atoms with van der Waals surface area (Å²) in [4.78, 5) is 0. The number of rotatable bonds is 6. The Labute approximate surface area is 160 Å². The SMILES string of the molecule is O=P(c1ccccc1)(c1ccccc1)C(Nc1ccccc1)C1=CC=CC1. The highest BCUT2D eigenvalue weighted by molar-refractivity contribution is 7.79. The fourth-order valence-corrected chi connectivity index (χ4v) is 6.64. The lowest BCUT2D eigenvalue weighted by molar-refractivity contribution is 0.583. The van der Waals surface area contributed by atoms with Crippen LogP contribution in [0.15, 0.2) is 115 Å². The van der Waals surface area contributed by atoms with Crippen molar-refractivity contribution in [1.82, 2.24) is 0 Å². The molecule has 0 radical (unpaired) electrons. The Hall–Kier alpha value is -2.83. The molecule has 1 atom stereocenters. The highest BCUT2D eigenvalue weighted by atomic mass is 31.2. The minimum absolute atomic E-state index is 0.292. The van der Waals surface area contributed by atoms with Gasteiger partial charge in [-0.25, -0.2) is 0 Å². The summed E-state index contributed by atoms with van der Waals surface area (Å²) in [7, 11) is -2.97. The van der Waals surface area contributed by atoms with Gasteiger partial charge in [0.05, 0.1) is 0 Å². The second-order valence-corrected chi connectivity index (χ2v) is 9.48. The van der Waals surface area contributed by atoms with Crippen LogP contribution < -0.4 is 15.9 Å². The minimum atomic E-state index is -2.97. The van der Waals surface area contributed by atoms with Crippen LogP contribution in [0.4, 0.5) is 5.69 Å². The van der Waals surface area contributed by atoms with Crippen LogP contribution in [0.3, 0.4) is 0 Å². The van der Waals surface area contributed by atoms with E-state index in [2.05, 4.69) is 23.5 Å². The lowest BCUT2D eigenvalue weighted by Gasteiger charge is -2.31. The van der Waals surface area contributed by atoms with Gasteiger partial charge in [-0.2, -0.15) is 0 Å². The van der Waals surface area contributed by atoms with Crippen LogP contribution in [-0.4, -0.2) is 5.78 Å². The summed E-state index contributed by atoms with van der Waals surface area (Å²) in [5, 5.41) is 5.33. The van der Waals surface area contributed by atoms with Crippen LogP contribution in [-0.2, 0) is 4.57 Å². The molecule has 0 bridgehead atoms. The Morgan fingerprint density at radius 2 is 1.26 bits per heavy atom. The summed E-state index contributed by atoms with van der Waals surface area (Å²) >= 11 is 0. The first-order valence-corrected chi connectivity index (χ1v) is 10.9. The van der Waals surface area contributed by atoms with E-state index < -0.39 is 7.14 Å². The molecule has 0 saturated carbocycles. The quantitative estimate of drug-likeness (QED) is 0.594. The fourth-order valence-electron chi connectivity index (χ4n) is 3.52. The van der Waals surface area contributed by atoms with Gasteiger partial charge in [-0.1, -0.05) is 97.1 Å². The molecule has 27 heavy (non-hydrogen) atoms. The van der Waals surface area contributed by atoms with Crippen LogP contribution in [0.2, 0.25) is 0 Å². The van der Waals surface area contributed by atoms with Gasteiger partial charge in [0.15, 0.2) is 7.14 Å². The van der Waals surface area contributed by atoms with Gasteiger partial charge in [-0.15, -0.1) is 0 Å². The number of benzene rings is 3. The van der Waals surface area contributed by atoms with E-state index in [1.807, 2.05) is 91.0 Å². The zero-order valence-corrected chi connectivity index (χ0v) is 15.9. The highest BCUT2D eigenvalue weighted by Gasteiger charge is 2.39. The smallest absolute Gasteiger partial charge is 0.168 e. The molecule has 1 unspecified atom stereocenters. The largest absolute Gasteiger partial charge is 0.371 e. The van der Waals surface area contributed by atoms with E-state index in [1.165, 1.54) is 0 Å². The Bertz CT molecular complexity index is 951. The average molecular weight is 371 g/mol. The molecule has 3 heteroatoms. The average Bonchev–Trinajstić information content (AvgIpc) is 3.28. The van der Waals surface area contributed by atoms with Crippen molar-refractivity contribution < 1.29 is 4.57 Å². The van der Waals surface area contributed by atoms with Crippen LogP contribution in [0, 0.1) is 0 Å². The molecule has 1 aliphatic rings. The van der Waals surface area contributed by atoms with Crippen molar-refractivity contribution in [2.45, 2.75) is 12.2 Å². The van der Waals surface area contributed by atoms with Crippen molar-refractivity contribution in [1.29, 1.82) is 0 Å². The topological polar surface area (TPSA) is 29.1 Å². The third-order valence-electron chi connectivity index (χ3n) is 4.87. The maximum Gasteiger partial charge on any atom is 0.168 e. The van der Waals surface area contributed by atoms with Gasteiger partial charge in [-0.05, 0) is 24.1 Å². The predicted octanol–water partition coefficient (Wildman–Crippen LogP) is 5.33. The third-order valence-corrected chi connectivity index (χ3v) is 8.19. The Morgan fingerprint density at radius 3 is 1.74 bits per heavy atom. The molecular weight excluding hydrogens is 349 g/mol. The van der Waals surface area contributed by atoms with Gasteiger partial charge < -0.3 is 9.88 Å². The van der Waals surface area contributed by atoms with E-state index in [0.717, 1.165) is 28.3 Å². The second kappa shape index (κ2) is 7.82. The lowest BCUT2D eigenvalue weighted by atomic mass is 10.2. The first kappa shape index (κ1) is 17.6. The highest BCUT2D eigenvalue weighted by Crippen LogP contribution is 2.52. The molecule has 3 aromatic carbocycles. The summed E-state index contributed by atoms with van der Waals surface area (Å²) in [5.41, 5.74) is 2.12.